The molecule has 27 heavy (non-hydrogen) atoms. The van der Waals surface area contributed by atoms with E-state index in [0.717, 1.165) is 45.4 Å². The summed E-state index contributed by atoms with van der Waals surface area (Å²) in [5, 5.41) is 3.45. The fourth-order valence-electron chi connectivity index (χ4n) is 4.43. The molecule has 0 radical (unpaired) electrons. The van der Waals surface area contributed by atoms with Crippen molar-refractivity contribution in [2.75, 3.05) is 39.0 Å². The number of hydrogen-bond donors (Lipinski definition) is 2. The van der Waals surface area contributed by atoms with Crippen molar-refractivity contribution < 1.29 is 14.3 Å². The third kappa shape index (κ3) is 3.95. The molecule has 2 amide bonds. The van der Waals surface area contributed by atoms with Gasteiger partial charge in [-0.25, -0.2) is 4.98 Å². The highest BCUT2D eigenvalue weighted by molar-refractivity contribution is 7.17. The first-order chi connectivity index (χ1) is 13.0. The van der Waals surface area contributed by atoms with E-state index in [4.69, 9.17) is 10.5 Å². The van der Waals surface area contributed by atoms with Crippen molar-refractivity contribution in [1.29, 1.82) is 0 Å². The number of morpholine rings is 1. The summed E-state index contributed by atoms with van der Waals surface area (Å²) in [6.45, 7) is 3.15. The smallest absolute Gasteiger partial charge is 0.263 e. The monoisotopic (exact) mass is 393 g/mol. The highest BCUT2D eigenvalue weighted by Crippen LogP contribution is 2.29. The summed E-state index contributed by atoms with van der Waals surface area (Å²) in [5.41, 5.74) is 5.59. The Morgan fingerprint density at radius 3 is 2.74 bits per heavy atom. The van der Waals surface area contributed by atoms with Crippen LogP contribution in [0.5, 0.6) is 0 Å². The standard InChI is InChI=1S/C18H27N5O3S/c1-22-6-7-26-14-10-23(9-13(14)22)17(25)11-2-4-12(5-3-11)21-16(24)15-8-20-18(19)27-15/h8,11-14H,2-7,9-10H2,1H3,(H2,19,20)(H,21,24)/t11?,12?,13-,14-/m0/s1. The van der Waals surface area contributed by atoms with Crippen LogP contribution in [0.25, 0.3) is 0 Å². The van der Waals surface area contributed by atoms with Gasteiger partial charge in [0.05, 0.1) is 24.9 Å². The molecule has 3 aliphatic rings. The van der Waals surface area contributed by atoms with Crippen LogP contribution in [0.3, 0.4) is 0 Å². The van der Waals surface area contributed by atoms with Gasteiger partial charge in [-0.3, -0.25) is 14.5 Å². The average molecular weight is 394 g/mol. The molecule has 148 valence electrons. The van der Waals surface area contributed by atoms with Crippen LogP contribution in [0.2, 0.25) is 0 Å². The van der Waals surface area contributed by atoms with Gasteiger partial charge in [0.2, 0.25) is 5.91 Å². The van der Waals surface area contributed by atoms with Gasteiger partial charge in [-0.15, -0.1) is 0 Å². The summed E-state index contributed by atoms with van der Waals surface area (Å²) in [6, 6.07) is 0.436. The molecule has 1 aromatic rings. The summed E-state index contributed by atoms with van der Waals surface area (Å²) >= 11 is 1.19. The Bertz CT molecular complexity index is 703. The number of likely N-dealkylation sites (tertiary alicyclic amines) is 1. The minimum absolute atomic E-state index is 0.0580. The first-order valence-corrected chi connectivity index (χ1v) is 10.5. The van der Waals surface area contributed by atoms with Crippen LogP contribution in [0.1, 0.15) is 35.4 Å². The van der Waals surface area contributed by atoms with E-state index in [0.29, 0.717) is 22.6 Å². The molecular weight excluding hydrogens is 366 g/mol. The third-order valence-corrected chi connectivity index (χ3v) is 6.87. The van der Waals surface area contributed by atoms with Gasteiger partial charge >= 0.3 is 0 Å². The van der Waals surface area contributed by atoms with E-state index in [-0.39, 0.29) is 29.9 Å². The number of carbonyl (C=O) groups is 2. The molecule has 1 saturated carbocycles. The number of likely N-dealkylation sites (N-methyl/N-ethyl adjacent to an activating group) is 1. The molecule has 0 unspecified atom stereocenters. The first kappa shape index (κ1) is 18.6. The van der Waals surface area contributed by atoms with Crippen molar-refractivity contribution in [3.63, 3.8) is 0 Å². The molecular formula is C18H27N5O3S. The van der Waals surface area contributed by atoms with Crippen LogP contribution in [-0.2, 0) is 9.53 Å². The van der Waals surface area contributed by atoms with Gasteiger partial charge in [0, 0.05) is 31.6 Å². The number of thiazole rings is 1. The number of aromatic nitrogens is 1. The number of amides is 2. The van der Waals surface area contributed by atoms with Crippen LogP contribution in [0.15, 0.2) is 6.20 Å². The molecule has 0 spiro atoms. The Morgan fingerprint density at radius 2 is 2.07 bits per heavy atom. The zero-order valence-corrected chi connectivity index (χ0v) is 16.4. The Labute approximate surface area is 163 Å². The zero-order valence-electron chi connectivity index (χ0n) is 15.6. The summed E-state index contributed by atoms with van der Waals surface area (Å²) in [7, 11) is 2.11. The molecule has 2 atom stereocenters. The number of ether oxygens (including phenoxy) is 1. The lowest BCUT2D eigenvalue weighted by Crippen LogP contribution is -2.48. The fourth-order valence-corrected chi connectivity index (χ4v) is 5.02. The quantitative estimate of drug-likeness (QED) is 0.778. The molecule has 3 heterocycles. The molecule has 2 aliphatic heterocycles. The molecule has 1 aliphatic carbocycles. The lowest BCUT2D eigenvalue weighted by Gasteiger charge is -2.33. The van der Waals surface area contributed by atoms with Crippen LogP contribution in [0, 0.1) is 5.92 Å². The zero-order chi connectivity index (χ0) is 19.0. The minimum atomic E-state index is -0.122. The van der Waals surface area contributed by atoms with Gasteiger partial charge in [0.1, 0.15) is 4.88 Å². The molecule has 0 bridgehead atoms. The topological polar surface area (TPSA) is 101 Å². The summed E-state index contributed by atoms with van der Waals surface area (Å²) in [6.07, 6.45) is 4.95. The van der Waals surface area contributed by atoms with E-state index in [1.54, 1.807) is 0 Å². The number of carbonyl (C=O) groups excluding carboxylic acids is 2. The van der Waals surface area contributed by atoms with Crippen LogP contribution < -0.4 is 11.1 Å². The average Bonchev–Trinajstić information content (AvgIpc) is 3.29. The van der Waals surface area contributed by atoms with Gasteiger partial charge in [0.25, 0.3) is 5.91 Å². The van der Waals surface area contributed by atoms with Gasteiger partial charge in [-0.05, 0) is 32.7 Å². The Hall–Kier alpha value is -1.71. The molecule has 8 nitrogen and oxygen atoms in total. The maximum Gasteiger partial charge on any atom is 0.263 e. The highest BCUT2D eigenvalue weighted by atomic mass is 32.1. The van der Waals surface area contributed by atoms with Gasteiger partial charge in [-0.1, -0.05) is 11.3 Å². The van der Waals surface area contributed by atoms with Gasteiger partial charge < -0.3 is 20.7 Å². The molecule has 9 heteroatoms. The number of anilines is 1. The van der Waals surface area contributed by atoms with Crippen LogP contribution in [0.4, 0.5) is 5.13 Å². The summed E-state index contributed by atoms with van der Waals surface area (Å²) < 4.78 is 5.85. The number of hydrogen-bond acceptors (Lipinski definition) is 7. The van der Waals surface area contributed by atoms with Crippen molar-refractivity contribution in [2.24, 2.45) is 5.92 Å². The predicted molar refractivity (Wildman–Crippen MR) is 102 cm³/mol. The Kier molecular flexibility index (Phi) is 5.34. The highest BCUT2D eigenvalue weighted by Gasteiger charge is 2.42. The number of nitrogens with two attached hydrogens (primary N) is 1. The van der Waals surface area contributed by atoms with Crippen molar-refractivity contribution in [3.8, 4) is 0 Å². The molecule has 3 fully saturated rings. The molecule has 0 aromatic carbocycles. The summed E-state index contributed by atoms with van der Waals surface area (Å²) in [4.78, 5) is 33.9. The maximum absolute atomic E-state index is 12.9. The lowest BCUT2D eigenvalue weighted by atomic mass is 9.85. The number of rotatable bonds is 3. The van der Waals surface area contributed by atoms with E-state index in [9.17, 15) is 9.59 Å². The Balaban J connectivity index is 1.26. The van der Waals surface area contributed by atoms with E-state index in [1.165, 1.54) is 17.5 Å². The number of nitrogen functional groups attached to an aromatic ring is 1. The van der Waals surface area contributed by atoms with Gasteiger partial charge in [0.15, 0.2) is 5.13 Å². The number of nitrogens with one attached hydrogen (secondary N) is 1. The van der Waals surface area contributed by atoms with E-state index in [1.807, 2.05) is 4.90 Å². The molecule has 1 aromatic heterocycles. The first-order valence-electron chi connectivity index (χ1n) is 9.64. The second-order valence-electron chi connectivity index (χ2n) is 7.79. The number of fused-ring (bicyclic) bond motifs is 1. The van der Waals surface area contributed by atoms with Crippen molar-refractivity contribution in [3.05, 3.63) is 11.1 Å². The largest absolute Gasteiger partial charge is 0.375 e. The van der Waals surface area contributed by atoms with Gasteiger partial charge in [-0.2, -0.15) is 0 Å². The van der Waals surface area contributed by atoms with Crippen molar-refractivity contribution in [1.82, 2.24) is 20.1 Å². The lowest BCUT2D eigenvalue weighted by molar-refractivity contribution is -0.136. The predicted octanol–water partition coefficient (Wildman–Crippen LogP) is 0.555. The van der Waals surface area contributed by atoms with Crippen LogP contribution in [-0.4, -0.2) is 78.1 Å². The second kappa shape index (κ2) is 7.73. The minimum Gasteiger partial charge on any atom is -0.375 e. The third-order valence-electron chi connectivity index (χ3n) is 6.05. The van der Waals surface area contributed by atoms with Crippen molar-refractivity contribution >= 4 is 28.3 Å². The fraction of sp³-hybridized carbons (Fsp3) is 0.722. The Morgan fingerprint density at radius 1 is 1.30 bits per heavy atom. The number of nitrogens with zero attached hydrogens (tertiary/aromatic N) is 3. The molecule has 3 N–H and O–H groups in total. The molecule has 2 saturated heterocycles. The maximum atomic E-state index is 12.9. The SMILES string of the molecule is CN1CCO[C@H]2CN(C(=O)C3CCC(NC(=O)c4cnc(N)s4)CC3)C[C@@H]21. The van der Waals surface area contributed by atoms with Crippen LogP contribution >= 0.6 is 11.3 Å². The van der Waals surface area contributed by atoms with E-state index >= 15 is 0 Å². The second-order valence-corrected chi connectivity index (χ2v) is 8.85. The van der Waals surface area contributed by atoms with Crippen molar-refractivity contribution in [2.45, 2.75) is 43.9 Å². The summed E-state index contributed by atoms with van der Waals surface area (Å²) in [5.74, 6) is 0.187. The van der Waals surface area contributed by atoms with E-state index in [2.05, 4.69) is 22.2 Å². The molecule has 4 rings (SSSR count). The van der Waals surface area contributed by atoms with E-state index < -0.39 is 0 Å². The normalized spacial score (nSPS) is 31.5.